The summed E-state index contributed by atoms with van der Waals surface area (Å²) in [5, 5.41) is 26.8. The minimum absolute atomic E-state index is 0.0159. The number of aromatic hydroxyl groups is 2. The second-order valence-corrected chi connectivity index (χ2v) is 6.78. The lowest BCUT2D eigenvalue weighted by molar-refractivity contribution is 0.403. The Morgan fingerprint density at radius 2 is 1.81 bits per heavy atom. The molecule has 2 rings (SSSR count). The molecule has 0 atom stereocenters. The fourth-order valence-corrected chi connectivity index (χ4v) is 2.90. The van der Waals surface area contributed by atoms with E-state index in [0.717, 1.165) is 5.56 Å². The molecule has 0 spiro atoms. The summed E-state index contributed by atoms with van der Waals surface area (Å²) in [6.45, 7) is 0.390. The van der Waals surface area contributed by atoms with Crippen LogP contribution in [-0.4, -0.2) is 18.6 Å². The lowest BCUT2D eigenvalue weighted by atomic mass is 10.2. The van der Waals surface area contributed by atoms with Crippen molar-refractivity contribution >= 4 is 31.6 Å². The molecule has 0 aliphatic rings. The van der Waals surface area contributed by atoms with Crippen LogP contribution in [0.3, 0.4) is 0 Å². The zero-order chi connectivity index (χ0) is 15.6. The molecule has 5 N–H and O–H groups in total. The van der Waals surface area contributed by atoms with E-state index in [-0.39, 0.29) is 16.4 Å². The second kappa shape index (κ2) is 5.92. The fraction of sp³-hybridized carbons (Fsp3) is 0.0769. The van der Waals surface area contributed by atoms with Crippen LogP contribution in [-0.2, 0) is 16.6 Å². The SMILES string of the molecule is NS(=O)(=O)c1ccc(NCc2ccc(O)c(O)c2)c(Br)c1. The average Bonchev–Trinajstić information content (AvgIpc) is 2.40. The standard InChI is InChI=1S/C13H13BrN2O4S/c14-10-6-9(21(15,19)20)2-3-11(10)16-7-8-1-4-12(17)13(18)5-8/h1-6,16-18H,7H2,(H2,15,19,20). The minimum Gasteiger partial charge on any atom is -0.504 e. The van der Waals surface area contributed by atoms with Gasteiger partial charge in [0, 0.05) is 16.7 Å². The van der Waals surface area contributed by atoms with E-state index in [2.05, 4.69) is 21.2 Å². The van der Waals surface area contributed by atoms with Gasteiger partial charge in [-0.15, -0.1) is 0 Å². The van der Waals surface area contributed by atoms with Gasteiger partial charge in [-0.25, -0.2) is 13.6 Å². The van der Waals surface area contributed by atoms with Gasteiger partial charge >= 0.3 is 0 Å². The largest absolute Gasteiger partial charge is 0.504 e. The molecule has 21 heavy (non-hydrogen) atoms. The molecular formula is C13H13BrN2O4S. The van der Waals surface area contributed by atoms with Crippen LogP contribution in [0, 0.1) is 0 Å². The van der Waals surface area contributed by atoms with Gasteiger partial charge in [0.1, 0.15) is 0 Å². The van der Waals surface area contributed by atoms with E-state index in [1.54, 1.807) is 12.1 Å². The number of sulfonamides is 1. The van der Waals surface area contributed by atoms with E-state index >= 15 is 0 Å². The Bertz CT molecular complexity index is 778. The van der Waals surface area contributed by atoms with E-state index in [9.17, 15) is 18.6 Å². The van der Waals surface area contributed by atoms with Crippen molar-refractivity contribution in [2.24, 2.45) is 5.14 Å². The molecule has 0 fully saturated rings. The van der Waals surface area contributed by atoms with Crippen molar-refractivity contribution in [3.63, 3.8) is 0 Å². The lowest BCUT2D eigenvalue weighted by Crippen LogP contribution is -2.12. The van der Waals surface area contributed by atoms with Gasteiger partial charge in [0.25, 0.3) is 0 Å². The molecule has 0 bridgehead atoms. The first-order valence-electron chi connectivity index (χ1n) is 5.84. The third-order valence-electron chi connectivity index (χ3n) is 2.79. The van der Waals surface area contributed by atoms with Gasteiger partial charge < -0.3 is 15.5 Å². The predicted molar refractivity (Wildman–Crippen MR) is 82.6 cm³/mol. The normalized spacial score (nSPS) is 11.3. The second-order valence-electron chi connectivity index (χ2n) is 4.36. The number of anilines is 1. The molecular weight excluding hydrogens is 360 g/mol. The molecule has 112 valence electrons. The van der Waals surface area contributed by atoms with Crippen LogP contribution in [0.25, 0.3) is 0 Å². The Hall–Kier alpha value is -1.77. The van der Waals surface area contributed by atoms with Gasteiger partial charge in [0.15, 0.2) is 11.5 Å². The van der Waals surface area contributed by atoms with E-state index in [1.807, 2.05) is 0 Å². The van der Waals surface area contributed by atoms with Crippen molar-refractivity contribution in [3.8, 4) is 11.5 Å². The minimum atomic E-state index is -3.74. The first-order valence-corrected chi connectivity index (χ1v) is 8.18. The first-order chi connectivity index (χ1) is 9.77. The van der Waals surface area contributed by atoms with Gasteiger partial charge in [-0.1, -0.05) is 6.07 Å². The number of phenols is 2. The molecule has 0 radical (unpaired) electrons. The van der Waals surface area contributed by atoms with Gasteiger partial charge in [-0.3, -0.25) is 0 Å². The number of phenolic OH excluding ortho intramolecular Hbond substituents is 2. The first kappa shape index (κ1) is 15.6. The Morgan fingerprint density at radius 1 is 1.10 bits per heavy atom. The van der Waals surface area contributed by atoms with Gasteiger partial charge in [-0.05, 0) is 51.8 Å². The van der Waals surface area contributed by atoms with Gasteiger partial charge in [-0.2, -0.15) is 0 Å². The van der Waals surface area contributed by atoms with E-state index < -0.39 is 10.0 Å². The summed E-state index contributed by atoms with van der Waals surface area (Å²) in [6.07, 6.45) is 0. The van der Waals surface area contributed by atoms with Crippen molar-refractivity contribution in [1.82, 2.24) is 0 Å². The maximum Gasteiger partial charge on any atom is 0.238 e. The van der Waals surface area contributed by atoms with Crippen molar-refractivity contribution in [3.05, 3.63) is 46.4 Å². The Labute approximate surface area is 130 Å². The molecule has 0 aliphatic carbocycles. The molecule has 8 heteroatoms. The summed E-state index contributed by atoms with van der Waals surface area (Å²) in [4.78, 5) is 0.0159. The van der Waals surface area contributed by atoms with Crippen LogP contribution < -0.4 is 10.5 Å². The summed E-state index contributed by atoms with van der Waals surface area (Å²) in [5.74, 6) is -0.379. The number of hydrogen-bond donors (Lipinski definition) is 4. The number of halogens is 1. The number of rotatable bonds is 4. The summed E-state index contributed by atoms with van der Waals surface area (Å²) in [7, 11) is -3.74. The molecule has 0 saturated carbocycles. The Kier molecular flexibility index (Phi) is 4.40. The highest BCUT2D eigenvalue weighted by atomic mass is 79.9. The quantitative estimate of drug-likeness (QED) is 0.614. The smallest absolute Gasteiger partial charge is 0.238 e. The van der Waals surface area contributed by atoms with Crippen LogP contribution in [0.5, 0.6) is 11.5 Å². The lowest BCUT2D eigenvalue weighted by Gasteiger charge is -2.10. The monoisotopic (exact) mass is 372 g/mol. The van der Waals surface area contributed by atoms with E-state index in [1.165, 1.54) is 24.3 Å². The van der Waals surface area contributed by atoms with E-state index in [4.69, 9.17) is 5.14 Å². The Morgan fingerprint density at radius 3 is 2.38 bits per heavy atom. The molecule has 0 unspecified atom stereocenters. The predicted octanol–water partition coefficient (Wildman–Crippen LogP) is 2.12. The molecule has 0 amide bonds. The third kappa shape index (κ3) is 3.87. The zero-order valence-corrected chi connectivity index (χ0v) is 13.1. The maximum absolute atomic E-state index is 11.2. The van der Waals surface area contributed by atoms with Crippen LogP contribution in [0.4, 0.5) is 5.69 Å². The average molecular weight is 373 g/mol. The van der Waals surface area contributed by atoms with Crippen molar-refractivity contribution in [2.45, 2.75) is 11.4 Å². The third-order valence-corrected chi connectivity index (χ3v) is 4.36. The molecule has 2 aromatic carbocycles. The van der Waals surface area contributed by atoms with Crippen molar-refractivity contribution in [1.29, 1.82) is 0 Å². The van der Waals surface area contributed by atoms with Crippen molar-refractivity contribution < 1.29 is 18.6 Å². The fourth-order valence-electron chi connectivity index (χ4n) is 1.69. The van der Waals surface area contributed by atoms with Gasteiger partial charge in [0.05, 0.1) is 4.90 Å². The highest BCUT2D eigenvalue weighted by molar-refractivity contribution is 9.10. The van der Waals surface area contributed by atoms with E-state index in [0.29, 0.717) is 16.7 Å². The molecule has 0 aromatic heterocycles. The number of hydrogen-bond acceptors (Lipinski definition) is 5. The number of nitrogens with one attached hydrogen (secondary N) is 1. The Balaban J connectivity index is 2.15. The summed E-state index contributed by atoms with van der Waals surface area (Å²) in [6, 6.07) is 8.89. The number of benzene rings is 2. The topological polar surface area (TPSA) is 113 Å². The number of nitrogens with two attached hydrogens (primary N) is 1. The molecule has 0 aliphatic heterocycles. The maximum atomic E-state index is 11.2. The molecule has 6 nitrogen and oxygen atoms in total. The molecule has 0 heterocycles. The summed E-state index contributed by atoms with van der Waals surface area (Å²) < 4.78 is 23.0. The highest BCUT2D eigenvalue weighted by Crippen LogP contribution is 2.28. The van der Waals surface area contributed by atoms with Crippen molar-refractivity contribution in [2.75, 3.05) is 5.32 Å². The van der Waals surface area contributed by atoms with Crippen LogP contribution in [0.2, 0.25) is 0 Å². The highest BCUT2D eigenvalue weighted by Gasteiger charge is 2.10. The van der Waals surface area contributed by atoms with Crippen LogP contribution in [0.15, 0.2) is 45.8 Å². The van der Waals surface area contributed by atoms with Crippen LogP contribution >= 0.6 is 15.9 Å². The zero-order valence-electron chi connectivity index (χ0n) is 10.7. The summed E-state index contributed by atoms with van der Waals surface area (Å²) >= 11 is 3.27. The summed E-state index contributed by atoms with van der Waals surface area (Å²) in [5.41, 5.74) is 1.43. The molecule has 0 saturated heterocycles. The molecule has 2 aromatic rings. The van der Waals surface area contributed by atoms with Crippen LogP contribution in [0.1, 0.15) is 5.56 Å². The van der Waals surface area contributed by atoms with Gasteiger partial charge in [0.2, 0.25) is 10.0 Å². The number of primary sulfonamides is 1.